The molecule has 0 saturated heterocycles. The first-order chi connectivity index (χ1) is 9.55. The van der Waals surface area contributed by atoms with Crippen LogP contribution < -0.4 is 4.72 Å². The molecule has 1 atom stereocenters. The Hall–Kier alpha value is -2.00. The van der Waals surface area contributed by atoms with Crippen molar-refractivity contribution in [1.82, 2.24) is 4.72 Å². The summed E-state index contributed by atoms with van der Waals surface area (Å²) in [6, 6.07) is 3.83. The van der Waals surface area contributed by atoms with Crippen LogP contribution in [0.15, 0.2) is 23.1 Å². The molecule has 0 bridgehead atoms. The van der Waals surface area contributed by atoms with Crippen molar-refractivity contribution in [3.8, 4) is 0 Å². The van der Waals surface area contributed by atoms with Gasteiger partial charge in [0.15, 0.2) is 4.90 Å². The van der Waals surface area contributed by atoms with Crippen molar-refractivity contribution in [2.75, 3.05) is 0 Å². The smallest absolute Gasteiger partial charge is 0.324 e. The van der Waals surface area contributed by atoms with E-state index in [0.29, 0.717) is 0 Å². The molecule has 0 aliphatic heterocycles. The number of carbonyl (C=O) groups is 1. The van der Waals surface area contributed by atoms with Crippen molar-refractivity contribution in [2.45, 2.75) is 37.6 Å². The summed E-state index contributed by atoms with van der Waals surface area (Å²) in [5, 5.41) is 20.1. The zero-order valence-electron chi connectivity index (χ0n) is 11.8. The fourth-order valence-electron chi connectivity index (χ4n) is 1.74. The van der Waals surface area contributed by atoms with Gasteiger partial charge in [0, 0.05) is 6.07 Å². The van der Waals surface area contributed by atoms with E-state index in [-0.39, 0.29) is 12.0 Å². The number of nitrogens with one attached hydrogen (secondary N) is 1. The molecule has 1 unspecified atom stereocenters. The number of hydrogen-bond donors (Lipinski definition) is 2. The minimum atomic E-state index is -4.35. The minimum Gasteiger partial charge on any atom is -0.480 e. The Morgan fingerprint density at radius 2 is 2.05 bits per heavy atom. The van der Waals surface area contributed by atoms with Crippen LogP contribution >= 0.6 is 0 Å². The number of nitro benzene ring substituents is 1. The van der Waals surface area contributed by atoms with Crippen LogP contribution in [-0.2, 0) is 14.8 Å². The summed E-state index contributed by atoms with van der Waals surface area (Å²) in [5.41, 5.74) is -2.17. The fourth-order valence-corrected chi connectivity index (χ4v) is 3.58. The molecule has 0 amide bonds. The number of aryl methyl sites for hydroxylation is 1. The summed E-state index contributed by atoms with van der Waals surface area (Å²) in [6.45, 7) is 4.12. The number of rotatable bonds is 6. The van der Waals surface area contributed by atoms with Gasteiger partial charge in [0.25, 0.3) is 5.69 Å². The lowest BCUT2D eigenvalue weighted by Gasteiger charge is -2.24. The van der Waals surface area contributed by atoms with Crippen molar-refractivity contribution in [2.24, 2.45) is 0 Å². The molecule has 0 saturated carbocycles. The van der Waals surface area contributed by atoms with E-state index in [1.807, 2.05) is 4.72 Å². The van der Waals surface area contributed by atoms with Crippen LogP contribution in [0, 0.1) is 17.0 Å². The van der Waals surface area contributed by atoms with Gasteiger partial charge in [-0.05, 0) is 25.8 Å². The average molecular weight is 316 g/mol. The standard InChI is InChI=1S/C12H16N2O6S/c1-4-12(3,11(15)16)13-21(19,20)10-8(2)6-5-7-9(10)14(17)18/h5-7,13H,4H2,1-3H3,(H,15,16). The van der Waals surface area contributed by atoms with E-state index in [9.17, 15) is 23.3 Å². The van der Waals surface area contributed by atoms with E-state index in [2.05, 4.69) is 0 Å². The van der Waals surface area contributed by atoms with Crippen molar-refractivity contribution < 1.29 is 23.2 Å². The second-order valence-corrected chi connectivity index (χ2v) is 6.40. The summed E-state index contributed by atoms with van der Waals surface area (Å²) >= 11 is 0. The molecule has 0 spiro atoms. The van der Waals surface area contributed by atoms with Gasteiger partial charge in [0.2, 0.25) is 10.0 Å². The average Bonchev–Trinajstić information content (AvgIpc) is 2.37. The number of hydrogen-bond acceptors (Lipinski definition) is 5. The predicted octanol–water partition coefficient (Wildman–Crippen LogP) is 1.43. The maximum absolute atomic E-state index is 12.4. The number of nitro groups is 1. The molecule has 1 rings (SSSR count). The van der Waals surface area contributed by atoms with E-state index in [0.717, 1.165) is 6.07 Å². The number of aliphatic carboxylic acids is 1. The van der Waals surface area contributed by atoms with Gasteiger partial charge in [0.1, 0.15) is 5.54 Å². The van der Waals surface area contributed by atoms with Gasteiger partial charge in [-0.3, -0.25) is 14.9 Å². The van der Waals surface area contributed by atoms with Crippen LogP contribution in [0.25, 0.3) is 0 Å². The highest BCUT2D eigenvalue weighted by Crippen LogP contribution is 2.28. The quantitative estimate of drug-likeness (QED) is 0.604. The monoisotopic (exact) mass is 316 g/mol. The third-order valence-electron chi connectivity index (χ3n) is 3.20. The largest absolute Gasteiger partial charge is 0.480 e. The SMILES string of the molecule is CCC(C)(NS(=O)(=O)c1c(C)cccc1[N+](=O)[O-])C(=O)O. The molecule has 0 aliphatic carbocycles. The number of carboxylic acid groups (broad SMARTS) is 1. The molecule has 1 aromatic rings. The normalized spacial score (nSPS) is 14.4. The van der Waals surface area contributed by atoms with E-state index < -0.39 is 37.0 Å². The lowest BCUT2D eigenvalue weighted by Crippen LogP contribution is -2.51. The maximum atomic E-state index is 12.4. The number of benzene rings is 1. The third kappa shape index (κ3) is 3.37. The zero-order valence-corrected chi connectivity index (χ0v) is 12.6. The molecule has 0 radical (unpaired) electrons. The summed E-state index contributed by atoms with van der Waals surface area (Å²) in [5.74, 6) is -1.36. The first-order valence-corrected chi connectivity index (χ1v) is 7.55. The first kappa shape index (κ1) is 17.1. The van der Waals surface area contributed by atoms with Crippen LogP contribution in [0.5, 0.6) is 0 Å². The van der Waals surface area contributed by atoms with Gasteiger partial charge in [0.05, 0.1) is 4.92 Å². The van der Waals surface area contributed by atoms with Gasteiger partial charge < -0.3 is 5.11 Å². The lowest BCUT2D eigenvalue weighted by atomic mass is 10.0. The highest BCUT2D eigenvalue weighted by molar-refractivity contribution is 7.89. The van der Waals surface area contributed by atoms with Crippen LogP contribution in [0.3, 0.4) is 0 Å². The molecule has 0 aromatic heterocycles. The highest BCUT2D eigenvalue weighted by atomic mass is 32.2. The van der Waals surface area contributed by atoms with Crippen LogP contribution in [0.2, 0.25) is 0 Å². The summed E-state index contributed by atoms with van der Waals surface area (Å²) in [7, 11) is -4.35. The molecule has 0 heterocycles. The predicted molar refractivity (Wildman–Crippen MR) is 74.5 cm³/mol. The maximum Gasteiger partial charge on any atom is 0.324 e. The van der Waals surface area contributed by atoms with Crippen LogP contribution in [-0.4, -0.2) is 30.0 Å². The fraction of sp³-hybridized carbons (Fsp3) is 0.417. The minimum absolute atomic E-state index is 0.0127. The van der Waals surface area contributed by atoms with Crippen molar-refractivity contribution >= 4 is 21.7 Å². The highest BCUT2D eigenvalue weighted by Gasteiger charge is 2.39. The van der Waals surface area contributed by atoms with Crippen LogP contribution in [0.4, 0.5) is 5.69 Å². The Bertz CT molecular complexity index is 685. The Morgan fingerprint density at radius 3 is 2.48 bits per heavy atom. The summed E-state index contributed by atoms with van der Waals surface area (Å²) < 4.78 is 26.8. The van der Waals surface area contributed by atoms with E-state index in [1.54, 1.807) is 0 Å². The number of nitrogens with zero attached hydrogens (tertiary/aromatic N) is 1. The molecule has 21 heavy (non-hydrogen) atoms. The topological polar surface area (TPSA) is 127 Å². The summed E-state index contributed by atoms with van der Waals surface area (Å²) in [6.07, 6.45) is -0.0127. The molecule has 9 heteroatoms. The zero-order chi connectivity index (χ0) is 16.4. The van der Waals surface area contributed by atoms with Gasteiger partial charge in [-0.2, -0.15) is 4.72 Å². The van der Waals surface area contributed by atoms with Gasteiger partial charge in [-0.1, -0.05) is 19.1 Å². The molecule has 2 N–H and O–H groups in total. The Labute approximate surface area is 122 Å². The van der Waals surface area contributed by atoms with Crippen molar-refractivity contribution in [3.63, 3.8) is 0 Å². The Kier molecular flexibility index (Phi) is 4.69. The molecule has 0 fully saturated rings. The van der Waals surface area contributed by atoms with Gasteiger partial charge in [-0.25, -0.2) is 8.42 Å². The molecule has 0 aliphatic rings. The number of sulfonamides is 1. The summed E-state index contributed by atoms with van der Waals surface area (Å²) in [4.78, 5) is 20.9. The van der Waals surface area contributed by atoms with Gasteiger partial charge >= 0.3 is 5.97 Å². The molecule has 8 nitrogen and oxygen atoms in total. The third-order valence-corrected chi connectivity index (χ3v) is 4.98. The number of carboxylic acids is 1. The Morgan fingerprint density at radius 1 is 1.48 bits per heavy atom. The Balaban J connectivity index is 3.46. The molecular weight excluding hydrogens is 300 g/mol. The second-order valence-electron chi connectivity index (χ2n) is 4.78. The molecule has 116 valence electrons. The molecule has 1 aromatic carbocycles. The first-order valence-electron chi connectivity index (χ1n) is 6.06. The van der Waals surface area contributed by atoms with Crippen molar-refractivity contribution in [3.05, 3.63) is 33.9 Å². The van der Waals surface area contributed by atoms with Crippen molar-refractivity contribution in [1.29, 1.82) is 0 Å². The van der Waals surface area contributed by atoms with E-state index in [1.165, 1.54) is 32.9 Å². The van der Waals surface area contributed by atoms with E-state index in [4.69, 9.17) is 5.11 Å². The van der Waals surface area contributed by atoms with Crippen LogP contribution in [0.1, 0.15) is 25.8 Å². The second kappa shape index (κ2) is 5.78. The van der Waals surface area contributed by atoms with Gasteiger partial charge in [-0.15, -0.1) is 0 Å². The molecular formula is C12H16N2O6S. The van der Waals surface area contributed by atoms with E-state index >= 15 is 0 Å². The lowest BCUT2D eigenvalue weighted by molar-refractivity contribution is -0.387.